The number of nitrogens with zero attached hydrogens (tertiary/aromatic N) is 1. The zero-order valence-electron chi connectivity index (χ0n) is 10.8. The van der Waals surface area contributed by atoms with Gasteiger partial charge in [0.1, 0.15) is 0 Å². The number of hydrogen-bond acceptors (Lipinski definition) is 2. The summed E-state index contributed by atoms with van der Waals surface area (Å²) in [4.78, 5) is 2.53. The largest absolute Gasteiger partial charge is 0.314 e. The zero-order valence-corrected chi connectivity index (χ0v) is 12.3. The van der Waals surface area contributed by atoms with Crippen molar-refractivity contribution >= 4 is 23.2 Å². The van der Waals surface area contributed by atoms with Gasteiger partial charge in [-0.15, -0.1) is 0 Å². The maximum absolute atomic E-state index is 6.12. The lowest BCUT2D eigenvalue weighted by molar-refractivity contribution is 0.164. The third-order valence-corrected chi connectivity index (χ3v) is 3.86. The van der Waals surface area contributed by atoms with Gasteiger partial charge in [0.15, 0.2) is 0 Å². The van der Waals surface area contributed by atoms with Crippen LogP contribution in [0.15, 0.2) is 18.2 Å². The van der Waals surface area contributed by atoms with Gasteiger partial charge in [-0.1, -0.05) is 36.5 Å². The van der Waals surface area contributed by atoms with Gasteiger partial charge in [-0.25, -0.2) is 0 Å². The molecule has 1 aromatic rings. The molecule has 1 aromatic carbocycles. The Labute approximate surface area is 119 Å². The molecule has 1 atom stereocenters. The fourth-order valence-electron chi connectivity index (χ4n) is 2.59. The highest BCUT2D eigenvalue weighted by Gasteiger charge is 2.21. The first-order valence-corrected chi connectivity index (χ1v) is 7.37. The van der Waals surface area contributed by atoms with Crippen molar-refractivity contribution in [1.82, 2.24) is 10.2 Å². The van der Waals surface area contributed by atoms with Crippen LogP contribution in [-0.4, -0.2) is 31.1 Å². The lowest BCUT2D eigenvalue weighted by Gasteiger charge is -2.35. The van der Waals surface area contributed by atoms with Crippen LogP contribution in [-0.2, 0) is 0 Å². The number of hydrogen-bond donors (Lipinski definition) is 1. The van der Waals surface area contributed by atoms with Gasteiger partial charge in [0.25, 0.3) is 0 Å². The molecule has 0 bridgehead atoms. The van der Waals surface area contributed by atoms with Crippen molar-refractivity contribution in [1.29, 1.82) is 0 Å². The highest BCUT2D eigenvalue weighted by atomic mass is 35.5. The summed E-state index contributed by atoms with van der Waals surface area (Å²) in [7, 11) is 0. The molecule has 100 valence electrons. The molecule has 1 saturated heterocycles. The SMILES string of the molecule is CCC[C@H](c1cc(Cl)cc(Cl)c1)N1CCNCC1. The van der Waals surface area contributed by atoms with Crippen LogP contribution in [0, 0.1) is 0 Å². The Morgan fingerprint density at radius 1 is 1.17 bits per heavy atom. The van der Waals surface area contributed by atoms with Crippen LogP contribution in [0.25, 0.3) is 0 Å². The molecule has 0 aliphatic carbocycles. The predicted octanol–water partition coefficient (Wildman–Crippen LogP) is 3.74. The van der Waals surface area contributed by atoms with E-state index >= 15 is 0 Å². The first kappa shape index (κ1) is 14.1. The van der Waals surface area contributed by atoms with E-state index in [0.717, 1.165) is 42.6 Å². The van der Waals surface area contributed by atoms with E-state index < -0.39 is 0 Å². The Bertz CT molecular complexity index is 369. The van der Waals surface area contributed by atoms with Crippen LogP contribution in [0.5, 0.6) is 0 Å². The Morgan fingerprint density at radius 2 is 1.78 bits per heavy atom. The molecule has 18 heavy (non-hydrogen) atoms. The van der Waals surface area contributed by atoms with Crippen molar-refractivity contribution < 1.29 is 0 Å². The monoisotopic (exact) mass is 286 g/mol. The fourth-order valence-corrected chi connectivity index (χ4v) is 3.14. The second kappa shape index (κ2) is 6.76. The average molecular weight is 287 g/mol. The van der Waals surface area contributed by atoms with Gasteiger partial charge >= 0.3 is 0 Å². The standard InChI is InChI=1S/C14H20Cl2N2/c1-2-3-14(18-6-4-17-5-7-18)11-8-12(15)10-13(16)9-11/h8-10,14,17H,2-7H2,1H3/t14-/m1/s1. The molecule has 2 nitrogen and oxygen atoms in total. The highest BCUT2D eigenvalue weighted by Crippen LogP contribution is 2.30. The predicted molar refractivity (Wildman–Crippen MR) is 78.6 cm³/mol. The van der Waals surface area contributed by atoms with Crippen molar-refractivity contribution in [2.24, 2.45) is 0 Å². The minimum Gasteiger partial charge on any atom is -0.314 e. The topological polar surface area (TPSA) is 15.3 Å². The molecular weight excluding hydrogens is 267 g/mol. The summed E-state index contributed by atoms with van der Waals surface area (Å²) in [6.07, 6.45) is 2.31. The summed E-state index contributed by atoms with van der Waals surface area (Å²) in [5.41, 5.74) is 1.25. The first-order chi connectivity index (χ1) is 8.70. The second-order valence-electron chi connectivity index (χ2n) is 4.79. The quantitative estimate of drug-likeness (QED) is 0.907. The maximum atomic E-state index is 6.12. The Morgan fingerprint density at radius 3 is 2.33 bits per heavy atom. The van der Waals surface area contributed by atoms with Crippen molar-refractivity contribution in [3.63, 3.8) is 0 Å². The van der Waals surface area contributed by atoms with Gasteiger partial charge in [-0.05, 0) is 30.2 Å². The van der Waals surface area contributed by atoms with Crippen LogP contribution in [0.1, 0.15) is 31.4 Å². The molecule has 0 spiro atoms. The molecule has 0 aromatic heterocycles. The van der Waals surface area contributed by atoms with Crippen molar-refractivity contribution in [3.05, 3.63) is 33.8 Å². The zero-order chi connectivity index (χ0) is 13.0. The number of halogens is 2. The average Bonchev–Trinajstić information content (AvgIpc) is 2.36. The number of nitrogens with one attached hydrogen (secondary N) is 1. The molecule has 0 radical (unpaired) electrons. The smallest absolute Gasteiger partial charge is 0.0424 e. The minimum atomic E-state index is 0.438. The molecule has 2 rings (SSSR count). The maximum Gasteiger partial charge on any atom is 0.0424 e. The van der Waals surface area contributed by atoms with E-state index in [-0.39, 0.29) is 0 Å². The highest BCUT2D eigenvalue weighted by molar-refractivity contribution is 6.34. The van der Waals surface area contributed by atoms with E-state index in [1.54, 1.807) is 6.07 Å². The van der Waals surface area contributed by atoms with E-state index in [0.29, 0.717) is 6.04 Å². The molecule has 0 unspecified atom stereocenters. The van der Waals surface area contributed by atoms with Gasteiger partial charge in [0.05, 0.1) is 0 Å². The van der Waals surface area contributed by atoms with E-state index in [2.05, 4.69) is 29.3 Å². The van der Waals surface area contributed by atoms with Crippen LogP contribution >= 0.6 is 23.2 Å². The summed E-state index contributed by atoms with van der Waals surface area (Å²) in [5.74, 6) is 0. The summed E-state index contributed by atoms with van der Waals surface area (Å²) in [6, 6.07) is 6.34. The Balaban J connectivity index is 2.22. The number of benzene rings is 1. The first-order valence-electron chi connectivity index (χ1n) is 6.61. The van der Waals surface area contributed by atoms with Gasteiger partial charge < -0.3 is 5.32 Å². The van der Waals surface area contributed by atoms with E-state index in [1.807, 2.05) is 0 Å². The summed E-state index contributed by atoms with van der Waals surface area (Å²) < 4.78 is 0. The van der Waals surface area contributed by atoms with Gasteiger partial charge in [0, 0.05) is 42.3 Å². The molecular formula is C14H20Cl2N2. The third-order valence-electron chi connectivity index (χ3n) is 3.42. The normalized spacial score (nSPS) is 18.8. The Kier molecular flexibility index (Phi) is 5.31. The second-order valence-corrected chi connectivity index (χ2v) is 5.67. The number of rotatable bonds is 4. The van der Waals surface area contributed by atoms with Gasteiger partial charge in [-0.2, -0.15) is 0 Å². The Hall–Kier alpha value is -0.280. The van der Waals surface area contributed by atoms with E-state index in [1.165, 1.54) is 12.0 Å². The van der Waals surface area contributed by atoms with Crippen LogP contribution in [0.3, 0.4) is 0 Å². The number of piperazine rings is 1. The molecule has 0 amide bonds. The molecule has 1 N–H and O–H groups in total. The van der Waals surface area contributed by atoms with E-state index in [9.17, 15) is 0 Å². The molecule has 1 aliphatic rings. The lowest BCUT2D eigenvalue weighted by Crippen LogP contribution is -2.45. The van der Waals surface area contributed by atoms with Crippen LogP contribution in [0.2, 0.25) is 10.0 Å². The van der Waals surface area contributed by atoms with Crippen LogP contribution in [0.4, 0.5) is 0 Å². The van der Waals surface area contributed by atoms with Crippen molar-refractivity contribution in [2.75, 3.05) is 26.2 Å². The molecule has 0 saturated carbocycles. The summed E-state index contributed by atoms with van der Waals surface area (Å²) >= 11 is 12.2. The van der Waals surface area contributed by atoms with Gasteiger partial charge in [-0.3, -0.25) is 4.90 Å². The van der Waals surface area contributed by atoms with Crippen LogP contribution < -0.4 is 5.32 Å². The summed E-state index contributed by atoms with van der Waals surface area (Å²) in [6.45, 7) is 6.54. The minimum absolute atomic E-state index is 0.438. The molecule has 1 fully saturated rings. The van der Waals surface area contributed by atoms with Crippen molar-refractivity contribution in [2.45, 2.75) is 25.8 Å². The molecule has 1 aliphatic heterocycles. The third kappa shape index (κ3) is 3.61. The lowest BCUT2D eigenvalue weighted by atomic mass is 10.00. The fraction of sp³-hybridized carbons (Fsp3) is 0.571. The van der Waals surface area contributed by atoms with E-state index in [4.69, 9.17) is 23.2 Å². The molecule has 1 heterocycles. The molecule has 4 heteroatoms. The van der Waals surface area contributed by atoms with Crippen molar-refractivity contribution in [3.8, 4) is 0 Å². The summed E-state index contributed by atoms with van der Waals surface area (Å²) in [5, 5.41) is 4.85. The van der Waals surface area contributed by atoms with Gasteiger partial charge in [0.2, 0.25) is 0 Å².